The zero-order valence-corrected chi connectivity index (χ0v) is 19.9. The van der Waals surface area contributed by atoms with Gasteiger partial charge in [0.1, 0.15) is 10.9 Å². The number of hydrogen-bond acceptors (Lipinski definition) is 5. The molecule has 0 unspecified atom stereocenters. The lowest BCUT2D eigenvalue weighted by atomic mass is 10.1. The van der Waals surface area contributed by atoms with E-state index in [9.17, 15) is 22.8 Å². The van der Waals surface area contributed by atoms with Crippen molar-refractivity contribution in [1.82, 2.24) is 14.5 Å². The summed E-state index contributed by atoms with van der Waals surface area (Å²) in [4.78, 5) is 39.7. The first kappa shape index (κ1) is 24.4. The van der Waals surface area contributed by atoms with E-state index in [4.69, 9.17) is 0 Å². The van der Waals surface area contributed by atoms with Gasteiger partial charge < -0.3 is 10.2 Å². The maximum Gasteiger partial charge on any atom is 0.269 e. The minimum atomic E-state index is -3.91. The highest BCUT2D eigenvalue weighted by Gasteiger charge is 2.40. The van der Waals surface area contributed by atoms with Gasteiger partial charge in [0.05, 0.1) is 5.56 Å². The van der Waals surface area contributed by atoms with E-state index in [0.717, 1.165) is 15.4 Å². The molecule has 0 bridgehead atoms. The molecule has 8 nitrogen and oxygen atoms in total. The molecule has 33 heavy (non-hydrogen) atoms. The first-order valence-electron chi connectivity index (χ1n) is 10.9. The third-order valence-electron chi connectivity index (χ3n) is 5.73. The molecular weight excluding hydrogens is 442 g/mol. The lowest BCUT2D eigenvalue weighted by Crippen LogP contribution is -2.48. The number of carbonyl (C=O) groups excluding carboxylic acids is 3. The Bertz CT molecular complexity index is 1160. The van der Waals surface area contributed by atoms with Crippen molar-refractivity contribution >= 4 is 27.7 Å². The maximum atomic E-state index is 13.2. The molecule has 3 amide bonds. The fraction of sp³-hybridized carbons (Fsp3) is 0.375. The van der Waals surface area contributed by atoms with E-state index in [1.807, 2.05) is 38.1 Å². The molecule has 3 rings (SSSR count). The van der Waals surface area contributed by atoms with Crippen molar-refractivity contribution in [3.63, 3.8) is 0 Å². The SMILES string of the molecule is CC[C@@H](C(=O)NC)N(Cc1cccc(C)c1)C(=O)CCCN1C(=O)c2ccccc2S1(=O)=O. The number of aryl methyl sites for hydroxylation is 1. The largest absolute Gasteiger partial charge is 0.357 e. The summed E-state index contributed by atoms with van der Waals surface area (Å²) in [5, 5.41) is 2.61. The summed E-state index contributed by atoms with van der Waals surface area (Å²) < 4.78 is 26.3. The molecule has 9 heteroatoms. The van der Waals surface area contributed by atoms with Crippen LogP contribution in [0.4, 0.5) is 0 Å². The average molecular weight is 472 g/mol. The highest BCUT2D eigenvalue weighted by atomic mass is 32.2. The van der Waals surface area contributed by atoms with Crippen molar-refractivity contribution < 1.29 is 22.8 Å². The predicted octanol–water partition coefficient (Wildman–Crippen LogP) is 2.47. The quantitative estimate of drug-likeness (QED) is 0.605. The topological polar surface area (TPSA) is 104 Å². The summed E-state index contributed by atoms with van der Waals surface area (Å²) in [7, 11) is -2.38. The smallest absolute Gasteiger partial charge is 0.269 e. The van der Waals surface area contributed by atoms with Crippen molar-refractivity contribution in [3.05, 3.63) is 65.2 Å². The molecule has 0 radical (unpaired) electrons. The first-order chi connectivity index (χ1) is 15.7. The fourth-order valence-corrected chi connectivity index (χ4v) is 5.67. The Hall–Kier alpha value is -3.20. The van der Waals surface area contributed by atoms with Gasteiger partial charge in [-0.15, -0.1) is 0 Å². The van der Waals surface area contributed by atoms with Crippen LogP contribution in [0.5, 0.6) is 0 Å². The van der Waals surface area contributed by atoms with Crippen LogP contribution < -0.4 is 5.32 Å². The molecule has 2 aromatic rings. The van der Waals surface area contributed by atoms with Crippen LogP contribution in [0.15, 0.2) is 53.4 Å². The highest BCUT2D eigenvalue weighted by molar-refractivity contribution is 7.90. The van der Waals surface area contributed by atoms with Crippen LogP contribution in [-0.4, -0.2) is 55.0 Å². The van der Waals surface area contributed by atoms with Crippen molar-refractivity contribution in [2.24, 2.45) is 0 Å². The molecule has 1 aliphatic heterocycles. The van der Waals surface area contributed by atoms with E-state index in [2.05, 4.69) is 5.32 Å². The van der Waals surface area contributed by atoms with E-state index in [0.29, 0.717) is 6.42 Å². The maximum absolute atomic E-state index is 13.2. The first-order valence-corrected chi connectivity index (χ1v) is 12.4. The molecule has 0 saturated heterocycles. The Morgan fingerprint density at radius 2 is 1.85 bits per heavy atom. The van der Waals surface area contributed by atoms with E-state index >= 15 is 0 Å². The van der Waals surface area contributed by atoms with E-state index in [1.165, 1.54) is 24.1 Å². The lowest BCUT2D eigenvalue weighted by Gasteiger charge is -2.30. The van der Waals surface area contributed by atoms with Crippen molar-refractivity contribution in [1.29, 1.82) is 0 Å². The fourth-order valence-electron chi connectivity index (χ4n) is 4.06. The minimum absolute atomic E-state index is 0.00642. The molecule has 0 fully saturated rings. The summed E-state index contributed by atoms with van der Waals surface area (Å²) in [6.45, 7) is 3.95. The van der Waals surface area contributed by atoms with Crippen molar-refractivity contribution in [2.45, 2.75) is 50.6 Å². The number of nitrogens with zero attached hydrogens (tertiary/aromatic N) is 2. The van der Waals surface area contributed by atoms with Gasteiger partial charge in [0.15, 0.2) is 0 Å². The Kier molecular flexibility index (Phi) is 7.53. The van der Waals surface area contributed by atoms with Crippen LogP contribution in [0.1, 0.15) is 47.7 Å². The zero-order valence-electron chi connectivity index (χ0n) is 19.1. The minimum Gasteiger partial charge on any atom is -0.357 e. The van der Waals surface area contributed by atoms with Gasteiger partial charge in [-0.3, -0.25) is 14.4 Å². The number of carbonyl (C=O) groups is 3. The van der Waals surface area contributed by atoms with Crippen LogP contribution in [-0.2, 0) is 26.2 Å². The second kappa shape index (κ2) is 10.2. The van der Waals surface area contributed by atoms with Crippen LogP contribution in [0.3, 0.4) is 0 Å². The molecular formula is C24H29N3O5S. The van der Waals surface area contributed by atoms with Gasteiger partial charge >= 0.3 is 0 Å². The van der Waals surface area contributed by atoms with Gasteiger partial charge in [-0.05, 0) is 37.5 Å². The van der Waals surface area contributed by atoms with Gasteiger partial charge in [0, 0.05) is 26.6 Å². The van der Waals surface area contributed by atoms with Crippen molar-refractivity contribution in [2.75, 3.05) is 13.6 Å². The van der Waals surface area contributed by atoms with Crippen LogP contribution in [0.25, 0.3) is 0 Å². The summed E-state index contributed by atoms with van der Waals surface area (Å²) in [5.74, 6) is -1.11. The Balaban J connectivity index is 1.73. The monoisotopic (exact) mass is 471 g/mol. The molecule has 0 aliphatic carbocycles. The highest BCUT2D eigenvalue weighted by Crippen LogP contribution is 2.30. The van der Waals surface area contributed by atoms with Crippen LogP contribution >= 0.6 is 0 Å². The van der Waals surface area contributed by atoms with Gasteiger partial charge in [-0.25, -0.2) is 12.7 Å². The van der Waals surface area contributed by atoms with Crippen molar-refractivity contribution in [3.8, 4) is 0 Å². The summed E-state index contributed by atoms with van der Waals surface area (Å²) in [5.41, 5.74) is 2.10. The second-order valence-electron chi connectivity index (χ2n) is 8.03. The zero-order chi connectivity index (χ0) is 24.2. The predicted molar refractivity (Wildman–Crippen MR) is 124 cm³/mol. The van der Waals surface area contributed by atoms with Gasteiger partial charge in [-0.2, -0.15) is 0 Å². The number of nitrogens with one attached hydrogen (secondary N) is 1. The molecule has 1 N–H and O–H groups in total. The van der Waals surface area contributed by atoms with Crippen LogP contribution in [0, 0.1) is 6.92 Å². The Labute approximate surface area is 194 Å². The van der Waals surface area contributed by atoms with E-state index in [1.54, 1.807) is 12.1 Å². The normalized spacial score (nSPS) is 15.1. The third kappa shape index (κ3) is 5.08. The summed E-state index contributed by atoms with van der Waals surface area (Å²) >= 11 is 0. The third-order valence-corrected chi connectivity index (χ3v) is 7.57. The molecule has 1 aliphatic rings. The molecule has 1 heterocycles. The molecule has 0 spiro atoms. The summed E-state index contributed by atoms with van der Waals surface area (Å²) in [6, 6.07) is 13.2. The summed E-state index contributed by atoms with van der Waals surface area (Å²) in [6.07, 6.45) is 0.604. The number of fused-ring (bicyclic) bond motifs is 1. The van der Waals surface area contributed by atoms with Gasteiger partial charge in [0.25, 0.3) is 15.9 Å². The number of amides is 3. The molecule has 0 saturated carbocycles. The molecule has 0 aromatic heterocycles. The Morgan fingerprint density at radius 1 is 1.12 bits per heavy atom. The molecule has 2 aromatic carbocycles. The lowest BCUT2D eigenvalue weighted by molar-refractivity contribution is -0.141. The molecule has 176 valence electrons. The number of sulfonamides is 1. The number of benzene rings is 2. The number of likely N-dealkylation sites (N-methyl/N-ethyl adjacent to an activating group) is 1. The van der Waals surface area contributed by atoms with E-state index < -0.39 is 22.0 Å². The number of rotatable bonds is 9. The standard InChI is InChI=1S/C24H29N3O5S/c1-4-20(23(29)25-3)26(16-18-10-7-9-17(2)15-18)22(28)13-8-14-27-24(30)19-11-5-6-12-21(19)33(27,31)32/h5-7,9-12,15,20H,4,8,13-14,16H2,1-3H3,(H,25,29)/t20-/m0/s1. The van der Waals surface area contributed by atoms with E-state index in [-0.39, 0.29) is 48.2 Å². The van der Waals surface area contributed by atoms with Gasteiger partial charge in [0.2, 0.25) is 11.8 Å². The average Bonchev–Trinajstić information content (AvgIpc) is 2.99. The number of hydrogen-bond donors (Lipinski definition) is 1. The second-order valence-corrected chi connectivity index (χ2v) is 9.86. The van der Waals surface area contributed by atoms with Gasteiger partial charge in [-0.1, -0.05) is 48.9 Å². The molecule has 1 atom stereocenters. The Morgan fingerprint density at radius 3 is 2.48 bits per heavy atom. The van der Waals surface area contributed by atoms with Crippen LogP contribution in [0.2, 0.25) is 0 Å².